The molecular weight excluding hydrogens is 306 g/mol. The first-order valence-electron chi connectivity index (χ1n) is 6.91. The molecule has 3 rings (SSSR count). The van der Waals surface area contributed by atoms with Crippen LogP contribution in [0.15, 0.2) is 22.7 Å². The fourth-order valence-electron chi connectivity index (χ4n) is 3.26. The first-order chi connectivity index (χ1) is 9.26. The summed E-state index contributed by atoms with van der Waals surface area (Å²) in [5.74, 6) is 0.971. The topological polar surface area (TPSA) is 30.5 Å². The molecule has 0 radical (unpaired) electrons. The van der Waals surface area contributed by atoms with Gasteiger partial charge in [0.05, 0.1) is 25.7 Å². The van der Waals surface area contributed by atoms with Crippen LogP contribution in [0.5, 0.6) is 5.75 Å². The summed E-state index contributed by atoms with van der Waals surface area (Å²) < 4.78 is 12.2. The number of nitrogens with one attached hydrogen (secondary N) is 1. The van der Waals surface area contributed by atoms with Gasteiger partial charge in [-0.3, -0.25) is 0 Å². The van der Waals surface area contributed by atoms with Gasteiger partial charge in [-0.05, 0) is 37.6 Å². The monoisotopic (exact) mass is 325 g/mol. The minimum absolute atomic E-state index is 0.0789. The third-order valence-corrected chi connectivity index (χ3v) is 4.89. The summed E-state index contributed by atoms with van der Waals surface area (Å²) in [7, 11) is 1.74. The molecule has 1 aromatic carbocycles. The van der Waals surface area contributed by atoms with E-state index >= 15 is 0 Å². The molecule has 19 heavy (non-hydrogen) atoms. The summed E-state index contributed by atoms with van der Waals surface area (Å²) in [6, 6.07) is 6.77. The second-order valence-electron chi connectivity index (χ2n) is 5.50. The Kier molecular flexibility index (Phi) is 3.83. The van der Waals surface area contributed by atoms with E-state index in [9.17, 15) is 0 Å². The van der Waals surface area contributed by atoms with Crippen molar-refractivity contribution >= 4 is 15.9 Å². The lowest BCUT2D eigenvalue weighted by molar-refractivity contribution is -0.0835. The number of halogens is 1. The van der Waals surface area contributed by atoms with Crippen LogP contribution in [0.2, 0.25) is 0 Å². The first kappa shape index (κ1) is 13.4. The van der Waals surface area contributed by atoms with Crippen molar-refractivity contribution in [2.45, 2.75) is 30.7 Å². The highest BCUT2D eigenvalue weighted by atomic mass is 79.9. The molecule has 2 saturated heterocycles. The van der Waals surface area contributed by atoms with Gasteiger partial charge in [0.2, 0.25) is 0 Å². The number of rotatable bonds is 3. The number of methoxy groups -OCH3 is 1. The van der Waals surface area contributed by atoms with Crippen LogP contribution < -0.4 is 10.1 Å². The van der Waals surface area contributed by atoms with Gasteiger partial charge in [-0.25, -0.2) is 0 Å². The zero-order valence-electron chi connectivity index (χ0n) is 11.2. The SMILES string of the molecule is COc1ccc(Br)cc1C1(C2CCCCN2)COC1. The van der Waals surface area contributed by atoms with Gasteiger partial charge in [0, 0.05) is 16.1 Å². The zero-order valence-corrected chi connectivity index (χ0v) is 12.8. The van der Waals surface area contributed by atoms with E-state index in [4.69, 9.17) is 9.47 Å². The summed E-state index contributed by atoms with van der Waals surface area (Å²) in [4.78, 5) is 0. The van der Waals surface area contributed by atoms with E-state index in [0.717, 1.165) is 30.0 Å². The molecule has 2 fully saturated rings. The van der Waals surface area contributed by atoms with E-state index in [1.165, 1.54) is 24.8 Å². The number of hydrogen-bond donors (Lipinski definition) is 1. The Balaban J connectivity index is 1.99. The van der Waals surface area contributed by atoms with Crippen LogP contribution >= 0.6 is 15.9 Å². The van der Waals surface area contributed by atoms with Crippen molar-refractivity contribution in [1.29, 1.82) is 0 Å². The molecule has 0 saturated carbocycles. The molecule has 1 atom stereocenters. The zero-order chi connectivity index (χ0) is 13.3. The molecule has 1 N–H and O–H groups in total. The number of piperidine rings is 1. The largest absolute Gasteiger partial charge is 0.496 e. The molecule has 2 aliphatic rings. The van der Waals surface area contributed by atoms with Crippen molar-refractivity contribution in [1.82, 2.24) is 5.32 Å². The van der Waals surface area contributed by atoms with Gasteiger partial charge in [-0.1, -0.05) is 22.4 Å². The molecule has 0 bridgehead atoms. The smallest absolute Gasteiger partial charge is 0.122 e. The van der Waals surface area contributed by atoms with Gasteiger partial charge in [0.15, 0.2) is 0 Å². The van der Waals surface area contributed by atoms with Crippen molar-refractivity contribution < 1.29 is 9.47 Å². The Hall–Kier alpha value is -0.580. The molecular formula is C15H20BrNO2. The normalized spacial score (nSPS) is 25.7. The lowest BCUT2D eigenvalue weighted by Gasteiger charge is -2.49. The van der Waals surface area contributed by atoms with Crippen LogP contribution in [0.4, 0.5) is 0 Å². The van der Waals surface area contributed by atoms with Crippen LogP contribution in [-0.2, 0) is 10.2 Å². The Bertz CT molecular complexity index is 453. The second kappa shape index (κ2) is 5.43. The molecule has 0 aliphatic carbocycles. The van der Waals surface area contributed by atoms with Crippen molar-refractivity contribution in [2.75, 3.05) is 26.9 Å². The van der Waals surface area contributed by atoms with E-state index in [0.29, 0.717) is 6.04 Å². The highest BCUT2D eigenvalue weighted by Gasteiger charge is 2.48. The van der Waals surface area contributed by atoms with Gasteiger partial charge in [0.1, 0.15) is 5.75 Å². The predicted octanol–water partition coefficient (Wildman–Crippen LogP) is 2.87. The van der Waals surface area contributed by atoms with E-state index in [1.54, 1.807) is 7.11 Å². The highest BCUT2D eigenvalue weighted by molar-refractivity contribution is 9.10. The quantitative estimate of drug-likeness (QED) is 0.927. The summed E-state index contributed by atoms with van der Waals surface area (Å²) in [6.07, 6.45) is 3.80. The number of benzene rings is 1. The van der Waals surface area contributed by atoms with Gasteiger partial charge in [-0.15, -0.1) is 0 Å². The lowest BCUT2D eigenvalue weighted by atomic mass is 9.69. The summed E-state index contributed by atoms with van der Waals surface area (Å²) in [5, 5.41) is 3.68. The number of ether oxygens (including phenoxy) is 2. The molecule has 0 amide bonds. The van der Waals surface area contributed by atoms with Crippen molar-refractivity contribution in [3.05, 3.63) is 28.2 Å². The average Bonchev–Trinajstić information content (AvgIpc) is 2.39. The highest BCUT2D eigenvalue weighted by Crippen LogP contribution is 2.43. The van der Waals surface area contributed by atoms with E-state index in [1.807, 2.05) is 12.1 Å². The van der Waals surface area contributed by atoms with Gasteiger partial charge >= 0.3 is 0 Å². The van der Waals surface area contributed by atoms with Crippen LogP contribution in [0.1, 0.15) is 24.8 Å². The van der Waals surface area contributed by atoms with Crippen LogP contribution in [0, 0.1) is 0 Å². The molecule has 2 heterocycles. The summed E-state index contributed by atoms with van der Waals surface area (Å²) >= 11 is 3.58. The third kappa shape index (κ3) is 2.30. The van der Waals surface area contributed by atoms with Crippen LogP contribution in [-0.4, -0.2) is 32.9 Å². The molecule has 104 valence electrons. The predicted molar refractivity (Wildman–Crippen MR) is 78.8 cm³/mol. The fraction of sp³-hybridized carbons (Fsp3) is 0.600. The Labute approximate surface area is 122 Å². The average molecular weight is 326 g/mol. The summed E-state index contributed by atoms with van der Waals surface area (Å²) in [6.45, 7) is 2.69. The summed E-state index contributed by atoms with van der Waals surface area (Å²) in [5.41, 5.74) is 1.35. The van der Waals surface area contributed by atoms with Crippen LogP contribution in [0.25, 0.3) is 0 Å². The maximum atomic E-state index is 5.57. The van der Waals surface area contributed by atoms with Gasteiger partial charge in [0.25, 0.3) is 0 Å². The lowest BCUT2D eigenvalue weighted by Crippen LogP contribution is -2.61. The molecule has 0 spiro atoms. The van der Waals surface area contributed by atoms with Crippen molar-refractivity contribution in [2.24, 2.45) is 0 Å². The Morgan fingerprint density at radius 3 is 2.79 bits per heavy atom. The Morgan fingerprint density at radius 1 is 1.37 bits per heavy atom. The molecule has 3 nitrogen and oxygen atoms in total. The van der Waals surface area contributed by atoms with E-state index in [2.05, 4.69) is 27.3 Å². The van der Waals surface area contributed by atoms with E-state index < -0.39 is 0 Å². The molecule has 0 aromatic heterocycles. The molecule has 1 unspecified atom stereocenters. The molecule has 1 aromatic rings. The standard InChI is InChI=1S/C15H20BrNO2/c1-18-13-6-5-11(16)8-12(13)15(9-19-10-15)14-4-2-3-7-17-14/h5-6,8,14,17H,2-4,7,9-10H2,1H3. The van der Waals surface area contributed by atoms with Crippen molar-refractivity contribution in [3.8, 4) is 5.75 Å². The molecule has 4 heteroatoms. The third-order valence-electron chi connectivity index (χ3n) is 4.39. The van der Waals surface area contributed by atoms with Crippen molar-refractivity contribution in [3.63, 3.8) is 0 Å². The van der Waals surface area contributed by atoms with Gasteiger partial charge < -0.3 is 14.8 Å². The fourth-order valence-corrected chi connectivity index (χ4v) is 3.62. The van der Waals surface area contributed by atoms with Gasteiger partial charge in [-0.2, -0.15) is 0 Å². The van der Waals surface area contributed by atoms with Crippen LogP contribution in [0.3, 0.4) is 0 Å². The first-order valence-corrected chi connectivity index (χ1v) is 7.71. The minimum Gasteiger partial charge on any atom is -0.496 e. The Morgan fingerprint density at radius 2 is 2.21 bits per heavy atom. The maximum Gasteiger partial charge on any atom is 0.122 e. The second-order valence-corrected chi connectivity index (χ2v) is 6.41. The van der Waals surface area contributed by atoms with E-state index in [-0.39, 0.29) is 5.41 Å². The number of hydrogen-bond acceptors (Lipinski definition) is 3. The molecule has 2 aliphatic heterocycles. The minimum atomic E-state index is 0.0789. The maximum absolute atomic E-state index is 5.57.